The summed E-state index contributed by atoms with van der Waals surface area (Å²) >= 11 is 0. The second-order valence-electron chi connectivity index (χ2n) is 24.7. The van der Waals surface area contributed by atoms with E-state index in [0.29, 0.717) is 53.8 Å². The molecule has 6 nitrogen and oxygen atoms in total. The lowest BCUT2D eigenvalue weighted by Gasteiger charge is -2.73. The van der Waals surface area contributed by atoms with Gasteiger partial charge >= 0.3 is 11.9 Å². The van der Waals surface area contributed by atoms with Crippen molar-refractivity contribution in [2.45, 2.75) is 203 Å². The maximum atomic E-state index is 13.6. The number of quaternary nitrogens is 2. The Morgan fingerprint density at radius 3 is 1.73 bits per heavy atom. The van der Waals surface area contributed by atoms with Gasteiger partial charge in [0.1, 0.15) is 6.10 Å². The fourth-order valence-electron chi connectivity index (χ4n) is 15.7. The van der Waals surface area contributed by atoms with E-state index in [9.17, 15) is 9.59 Å². The summed E-state index contributed by atoms with van der Waals surface area (Å²) < 4.78 is 14.4. The number of nitrogens with zero attached hydrogens (tertiary/aromatic N) is 2. The number of esters is 2. The molecule has 5 saturated carbocycles. The molecule has 4 unspecified atom stereocenters. The first-order valence-corrected chi connectivity index (χ1v) is 25.8. The van der Waals surface area contributed by atoms with Gasteiger partial charge in [0.05, 0.1) is 47.9 Å². The van der Waals surface area contributed by atoms with Gasteiger partial charge in [0, 0.05) is 10.8 Å². The highest BCUT2D eigenvalue weighted by molar-refractivity contribution is 5.71. The van der Waals surface area contributed by atoms with Crippen molar-refractivity contribution in [3.63, 3.8) is 0 Å². The highest BCUT2D eigenvalue weighted by Crippen LogP contribution is 2.77. The molecule has 5 fully saturated rings. The minimum Gasteiger partial charge on any atom is -1.00 e. The molecule has 8 heteroatoms. The lowest BCUT2D eigenvalue weighted by molar-refractivity contribution is -0.883. The molecule has 5 aliphatic carbocycles. The molecular formula is C54H98Cl2N2O4. The van der Waals surface area contributed by atoms with Gasteiger partial charge < -0.3 is 43.3 Å². The maximum Gasteiger partial charge on any atom is 0.362 e. The molecule has 0 heterocycles. The van der Waals surface area contributed by atoms with Crippen molar-refractivity contribution in [2.24, 2.45) is 56.7 Å². The van der Waals surface area contributed by atoms with Gasteiger partial charge in [0.25, 0.3) is 0 Å². The van der Waals surface area contributed by atoms with Gasteiger partial charge in [-0.15, -0.1) is 0 Å². The van der Waals surface area contributed by atoms with Gasteiger partial charge in [-0.2, -0.15) is 0 Å². The van der Waals surface area contributed by atoms with E-state index in [0.717, 1.165) is 43.3 Å². The summed E-state index contributed by atoms with van der Waals surface area (Å²) in [5.74, 6) is 2.87. The molecule has 0 radical (unpaired) electrons. The predicted octanol–water partition coefficient (Wildman–Crippen LogP) is 6.98. The second kappa shape index (κ2) is 22.3. The number of carbonyl (C=O) groups excluding carboxylic acids is 2. The quantitative estimate of drug-likeness (QED) is 0.0510. The summed E-state index contributed by atoms with van der Waals surface area (Å²) in [6.07, 6.45) is 27.3. The molecule has 5 rings (SSSR count). The van der Waals surface area contributed by atoms with E-state index in [-0.39, 0.29) is 69.9 Å². The molecule has 5 aliphatic rings. The number of carbonyl (C=O) groups is 2. The molecule has 0 aromatic rings. The molecular weight excluding hydrogens is 812 g/mol. The topological polar surface area (TPSA) is 52.6 Å². The van der Waals surface area contributed by atoms with Crippen molar-refractivity contribution >= 4 is 11.9 Å². The molecule has 10 atom stereocenters. The molecule has 0 amide bonds. The van der Waals surface area contributed by atoms with E-state index in [1.54, 1.807) is 0 Å². The van der Waals surface area contributed by atoms with Crippen molar-refractivity contribution in [2.75, 3.05) is 61.0 Å². The minimum absolute atomic E-state index is 0. The van der Waals surface area contributed by atoms with Crippen molar-refractivity contribution < 1.29 is 52.8 Å². The van der Waals surface area contributed by atoms with Crippen LogP contribution in [0.5, 0.6) is 0 Å². The number of rotatable bonds is 22. The summed E-state index contributed by atoms with van der Waals surface area (Å²) in [5, 5.41) is 0. The van der Waals surface area contributed by atoms with Gasteiger partial charge in [-0.25, -0.2) is 9.59 Å². The third-order valence-corrected chi connectivity index (χ3v) is 19.3. The van der Waals surface area contributed by atoms with Crippen molar-refractivity contribution in [3.05, 3.63) is 12.2 Å². The van der Waals surface area contributed by atoms with Crippen LogP contribution in [-0.4, -0.2) is 88.0 Å². The van der Waals surface area contributed by atoms with Crippen LogP contribution in [0.25, 0.3) is 0 Å². The molecule has 0 saturated heterocycles. The maximum absolute atomic E-state index is 13.6. The monoisotopic (exact) mass is 909 g/mol. The summed E-state index contributed by atoms with van der Waals surface area (Å²) in [5.41, 5.74) is 2.08. The van der Waals surface area contributed by atoms with Gasteiger partial charge in [-0.3, -0.25) is 0 Å². The summed E-state index contributed by atoms with van der Waals surface area (Å²) in [7, 11) is 8.83. The molecule has 0 aliphatic heterocycles. The Balaban J connectivity index is 0.00000512. The van der Waals surface area contributed by atoms with Gasteiger partial charge in [0.15, 0.2) is 13.1 Å². The number of likely N-dealkylation sites (N-methyl/N-ethyl adjacent to an activating group) is 2. The van der Waals surface area contributed by atoms with Crippen LogP contribution in [0.3, 0.4) is 0 Å². The summed E-state index contributed by atoms with van der Waals surface area (Å²) in [6, 6.07) is 0. The average Bonchev–Trinajstić information content (AvgIpc) is 3.55. The number of allylic oxidation sites excluding steroid dienone is 1. The van der Waals surface area contributed by atoms with Crippen molar-refractivity contribution in [3.8, 4) is 0 Å². The van der Waals surface area contributed by atoms with Crippen LogP contribution in [0, 0.1) is 56.7 Å². The zero-order chi connectivity index (χ0) is 44.2. The van der Waals surface area contributed by atoms with Crippen molar-refractivity contribution in [1.29, 1.82) is 0 Å². The summed E-state index contributed by atoms with van der Waals surface area (Å²) in [4.78, 5) is 27.3. The minimum atomic E-state index is -0.0534. The van der Waals surface area contributed by atoms with E-state index in [4.69, 9.17) is 9.47 Å². The third-order valence-electron chi connectivity index (χ3n) is 19.3. The Morgan fingerprint density at radius 2 is 1.16 bits per heavy atom. The van der Waals surface area contributed by atoms with Crippen LogP contribution in [0.1, 0.15) is 197 Å². The average molecular weight is 910 g/mol. The molecule has 62 heavy (non-hydrogen) atoms. The Bertz CT molecular complexity index is 1470. The number of halogens is 2. The Kier molecular flexibility index (Phi) is 20.0. The normalized spacial score (nSPS) is 34.9. The fraction of sp³-hybridized carbons (Fsp3) is 0.926. The highest BCUT2D eigenvalue weighted by atomic mass is 35.5. The first-order valence-electron chi connectivity index (χ1n) is 25.8. The Morgan fingerprint density at radius 1 is 0.613 bits per heavy atom. The van der Waals surface area contributed by atoms with E-state index in [1.807, 2.05) is 0 Å². The fourth-order valence-corrected chi connectivity index (χ4v) is 15.7. The van der Waals surface area contributed by atoms with E-state index < -0.39 is 0 Å². The molecule has 0 N–H and O–H groups in total. The van der Waals surface area contributed by atoms with E-state index in [2.05, 4.69) is 90.2 Å². The lowest BCUT2D eigenvalue weighted by atomic mass is 9.32. The molecule has 362 valence electrons. The largest absolute Gasteiger partial charge is 1.00 e. The smallest absolute Gasteiger partial charge is 0.362 e. The van der Waals surface area contributed by atoms with Crippen molar-refractivity contribution in [1.82, 2.24) is 0 Å². The van der Waals surface area contributed by atoms with Crippen LogP contribution in [0.2, 0.25) is 0 Å². The zero-order valence-electron chi connectivity index (χ0n) is 42.5. The van der Waals surface area contributed by atoms with Crippen LogP contribution < -0.4 is 24.8 Å². The molecule has 0 aromatic heterocycles. The Labute approximate surface area is 395 Å². The third kappa shape index (κ3) is 11.8. The SMILES string of the molecule is C=C(C)[C@@H]1CC[C@]2(COC(=O)C[N+](C)(C)CCCCCCCC)CC[C@]3(C)C(CCC4[C@@]5(C)CC[C@H](OC(=O)C[N+](C)(C)CCCCCCCC)C(C)(C)C5CC[C@]43C)C12.[Cl-].[Cl-]. The second-order valence-corrected chi connectivity index (χ2v) is 24.7. The van der Waals surface area contributed by atoms with Crippen LogP contribution in [-0.2, 0) is 19.1 Å². The summed E-state index contributed by atoms with van der Waals surface area (Å²) in [6.45, 7) is 28.0. The van der Waals surface area contributed by atoms with Gasteiger partial charge in [-0.05, 0) is 143 Å². The van der Waals surface area contributed by atoms with E-state index >= 15 is 0 Å². The van der Waals surface area contributed by atoms with Gasteiger partial charge in [0.2, 0.25) is 0 Å². The van der Waals surface area contributed by atoms with Gasteiger partial charge in [-0.1, -0.05) is 112 Å². The number of hydrogen-bond acceptors (Lipinski definition) is 4. The number of unbranched alkanes of at least 4 members (excludes halogenated alkanes) is 10. The Hall–Kier alpha value is -0.820. The first kappa shape index (κ1) is 55.5. The molecule has 0 aromatic carbocycles. The van der Waals surface area contributed by atoms with Crippen LogP contribution >= 0.6 is 0 Å². The highest BCUT2D eigenvalue weighted by Gasteiger charge is 2.71. The number of ether oxygens (including phenoxy) is 2. The van der Waals surface area contributed by atoms with Crippen LogP contribution in [0.4, 0.5) is 0 Å². The lowest BCUT2D eigenvalue weighted by Crippen LogP contribution is -3.00. The molecule has 0 bridgehead atoms. The van der Waals surface area contributed by atoms with Crippen LogP contribution in [0.15, 0.2) is 12.2 Å². The zero-order valence-corrected chi connectivity index (χ0v) is 44.1. The number of hydrogen-bond donors (Lipinski definition) is 0. The number of fused-ring (bicyclic) bond motifs is 7. The standard InChI is InChI=1S/C54H98N2O4.2ClH/c1-14-16-18-20-22-24-36-55(10,11)38-47(57)59-40-54-33-28-42(41(3)4)49(54)43-26-27-45-51(7)31-30-46(60-48(58)39-56(12,13)37-25-23-21-19-17-15-2)50(5,6)44(51)29-32-53(45,9)52(43,8)34-35-54;;/h42-46,49H,3,14-40H2,1-2,4-13H3;2*1H/q+2;;/p-2/t42-,43?,44?,45?,46-,49?,51-,52+,53+,54+;;/m0../s1. The first-order chi connectivity index (χ1) is 28.1. The predicted molar refractivity (Wildman–Crippen MR) is 250 cm³/mol. The molecule has 0 spiro atoms. The van der Waals surface area contributed by atoms with E-state index in [1.165, 1.54) is 121 Å².